The molecule has 1 atom stereocenters. The van der Waals surface area contributed by atoms with Gasteiger partial charge in [-0.1, -0.05) is 5.57 Å². The van der Waals surface area contributed by atoms with Crippen molar-refractivity contribution in [2.45, 2.75) is 32.7 Å². The highest BCUT2D eigenvalue weighted by molar-refractivity contribution is 4.97. The van der Waals surface area contributed by atoms with Crippen LogP contribution in [0.15, 0.2) is 11.8 Å². The number of ether oxygens (including phenoxy) is 1. The normalized spacial score (nSPS) is 22.9. The molecule has 2 nitrogen and oxygen atoms in total. The van der Waals surface area contributed by atoms with E-state index in [0.29, 0.717) is 6.04 Å². The van der Waals surface area contributed by atoms with Gasteiger partial charge in [0.25, 0.3) is 0 Å². The summed E-state index contributed by atoms with van der Waals surface area (Å²) in [6, 6.07) is 0.616. The zero-order valence-corrected chi connectivity index (χ0v) is 8.34. The summed E-state index contributed by atoms with van der Waals surface area (Å²) in [5, 5.41) is 0. The van der Waals surface area contributed by atoms with Crippen LogP contribution in [0.2, 0.25) is 0 Å². The number of allylic oxidation sites excluding steroid dienone is 1. The fourth-order valence-electron chi connectivity index (χ4n) is 1.73. The second-order valence-electron chi connectivity index (χ2n) is 3.70. The van der Waals surface area contributed by atoms with Crippen molar-refractivity contribution in [3.8, 4) is 0 Å². The van der Waals surface area contributed by atoms with E-state index in [0.717, 1.165) is 6.61 Å². The molecule has 70 valence electrons. The predicted molar refractivity (Wildman–Crippen MR) is 51.0 cm³/mol. The van der Waals surface area contributed by atoms with Gasteiger partial charge < -0.3 is 9.64 Å². The van der Waals surface area contributed by atoms with Crippen molar-refractivity contribution >= 4 is 0 Å². The van der Waals surface area contributed by atoms with Gasteiger partial charge in [0, 0.05) is 13.7 Å². The van der Waals surface area contributed by atoms with E-state index in [1.54, 1.807) is 7.11 Å². The second kappa shape index (κ2) is 4.51. The number of hydrogen-bond donors (Lipinski definition) is 0. The number of likely N-dealkylation sites (tertiary alicyclic amines) is 1. The topological polar surface area (TPSA) is 12.5 Å². The van der Waals surface area contributed by atoms with E-state index < -0.39 is 0 Å². The largest absolute Gasteiger partial charge is 0.383 e. The van der Waals surface area contributed by atoms with Crippen LogP contribution in [0.4, 0.5) is 0 Å². The standard InChI is InChI=1S/C10H19NO/c1-9(2)7-11-6-4-5-10(11)8-12-3/h7,10H,4-6,8H2,1-3H3. The lowest BCUT2D eigenvalue weighted by Crippen LogP contribution is -2.28. The summed E-state index contributed by atoms with van der Waals surface area (Å²) in [6.07, 6.45) is 4.83. The van der Waals surface area contributed by atoms with E-state index in [2.05, 4.69) is 24.9 Å². The fraction of sp³-hybridized carbons (Fsp3) is 0.800. The Morgan fingerprint density at radius 2 is 2.33 bits per heavy atom. The smallest absolute Gasteiger partial charge is 0.0666 e. The molecule has 0 N–H and O–H groups in total. The van der Waals surface area contributed by atoms with Gasteiger partial charge in [0.1, 0.15) is 0 Å². The highest BCUT2D eigenvalue weighted by Gasteiger charge is 2.21. The van der Waals surface area contributed by atoms with Crippen LogP contribution in [0.25, 0.3) is 0 Å². The average molecular weight is 169 g/mol. The summed E-state index contributed by atoms with van der Waals surface area (Å²) in [7, 11) is 1.78. The van der Waals surface area contributed by atoms with Crippen LogP contribution in [0.5, 0.6) is 0 Å². The Kier molecular flexibility index (Phi) is 3.60. The van der Waals surface area contributed by atoms with Gasteiger partial charge in [-0.15, -0.1) is 0 Å². The van der Waals surface area contributed by atoms with Crippen LogP contribution < -0.4 is 0 Å². The molecule has 1 aliphatic rings. The minimum absolute atomic E-state index is 0.616. The first-order valence-corrected chi connectivity index (χ1v) is 4.63. The summed E-state index contributed by atoms with van der Waals surface area (Å²) in [5.41, 5.74) is 1.37. The molecule has 1 fully saturated rings. The van der Waals surface area contributed by atoms with Crippen LogP contribution in [0, 0.1) is 0 Å². The molecule has 1 saturated heterocycles. The molecule has 0 bridgehead atoms. The molecular formula is C10H19NO. The van der Waals surface area contributed by atoms with Crippen molar-refractivity contribution in [3.05, 3.63) is 11.8 Å². The molecule has 0 aromatic rings. The van der Waals surface area contributed by atoms with Crippen LogP contribution in [-0.2, 0) is 4.74 Å². The van der Waals surface area contributed by atoms with Crippen molar-refractivity contribution in [2.24, 2.45) is 0 Å². The molecule has 1 rings (SSSR count). The Morgan fingerprint density at radius 1 is 1.58 bits per heavy atom. The molecular weight excluding hydrogens is 150 g/mol. The molecule has 1 aliphatic heterocycles. The molecule has 0 aliphatic carbocycles. The Balaban J connectivity index is 2.46. The summed E-state index contributed by atoms with van der Waals surface area (Å²) in [5.74, 6) is 0. The summed E-state index contributed by atoms with van der Waals surface area (Å²) in [6.45, 7) is 6.34. The van der Waals surface area contributed by atoms with Gasteiger partial charge in [-0.3, -0.25) is 0 Å². The van der Waals surface area contributed by atoms with Crippen LogP contribution in [0.1, 0.15) is 26.7 Å². The van der Waals surface area contributed by atoms with E-state index in [1.165, 1.54) is 25.0 Å². The molecule has 0 aromatic heterocycles. The maximum atomic E-state index is 5.17. The Morgan fingerprint density at radius 3 is 2.92 bits per heavy atom. The number of hydrogen-bond acceptors (Lipinski definition) is 2. The average Bonchev–Trinajstić information content (AvgIpc) is 2.37. The second-order valence-corrected chi connectivity index (χ2v) is 3.70. The lowest BCUT2D eigenvalue weighted by atomic mass is 10.2. The third-order valence-corrected chi connectivity index (χ3v) is 2.21. The molecule has 0 radical (unpaired) electrons. The van der Waals surface area contributed by atoms with E-state index in [9.17, 15) is 0 Å². The zero-order chi connectivity index (χ0) is 8.97. The number of rotatable bonds is 3. The van der Waals surface area contributed by atoms with E-state index in [-0.39, 0.29) is 0 Å². The highest BCUT2D eigenvalue weighted by Crippen LogP contribution is 2.18. The molecule has 12 heavy (non-hydrogen) atoms. The van der Waals surface area contributed by atoms with Gasteiger partial charge in [-0.25, -0.2) is 0 Å². The number of methoxy groups -OCH3 is 1. The molecule has 1 heterocycles. The molecule has 0 amide bonds. The van der Waals surface area contributed by atoms with E-state index >= 15 is 0 Å². The molecule has 0 spiro atoms. The van der Waals surface area contributed by atoms with Crippen LogP contribution in [0.3, 0.4) is 0 Å². The highest BCUT2D eigenvalue weighted by atomic mass is 16.5. The third-order valence-electron chi connectivity index (χ3n) is 2.21. The summed E-state index contributed by atoms with van der Waals surface area (Å²) >= 11 is 0. The summed E-state index contributed by atoms with van der Waals surface area (Å²) < 4.78 is 5.17. The minimum atomic E-state index is 0.616. The van der Waals surface area contributed by atoms with Crippen molar-refractivity contribution in [2.75, 3.05) is 20.3 Å². The number of nitrogens with zero attached hydrogens (tertiary/aromatic N) is 1. The first-order chi connectivity index (χ1) is 5.74. The zero-order valence-electron chi connectivity index (χ0n) is 8.34. The first-order valence-electron chi connectivity index (χ1n) is 4.63. The van der Waals surface area contributed by atoms with Gasteiger partial charge in [-0.05, 0) is 32.9 Å². The lowest BCUT2D eigenvalue weighted by Gasteiger charge is -2.22. The SMILES string of the molecule is COCC1CCCN1C=C(C)C. The van der Waals surface area contributed by atoms with Gasteiger partial charge >= 0.3 is 0 Å². The molecule has 0 saturated carbocycles. The van der Waals surface area contributed by atoms with Crippen molar-refractivity contribution in [3.63, 3.8) is 0 Å². The molecule has 1 unspecified atom stereocenters. The Labute approximate surface area is 75.2 Å². The molecule has 2 heteroatoms. The van der Waals surface area contributed by atoms with Gasteiger partial charge in [-0.2, -0.15) is 0 Å². The van der Waals surface area contributed by atoms with Gasteiger partial charge in [0.2, 0.25) is 0 Å². The maximum Gasteiger partial charge on any atom is 0.0666 e. The predicted octanol–water partition coefficient (Wildman–Crippen LogP) is 2.02. The lowest BCUT2D eigenvalue weighted by molar-refractivity contribution is 0.137. The fourth-order valence-corrected chi connectivity index (χ4v) is 1.73. The van der Waals surface area contributed by atoms with E-state index in [1.807, 2.05) is 0 Å². The van der Waals surface area contributed by atoms with Crippen molar-refractivity contribution in [1.29, 1.82) is 0 Å². The Hall–Kier alpha value is -0.500. The van der Waals surface area contributed by atoms with Gasteiger partial charge in [0.05, 0.1) is 12.6 Å². The van der Waals surface area contributed by atoms with E-state index in [4.69, 9.17) is 4.74 Å². The quantitative estimate of drug-likeness (QED) is 0.641. The minimum Gasteiger partial charge on any atom is -0.383 e. The van der Waals surface area contributed by atoms with Crippen LogP contribution in [-0.4, -0.2) is 31.2 Å². The molecule has 0 aromatic carbocycles. The first kappa shape index (κ1) is 9.59. The van der Waals surface area contributed by atoms with Crippen molar-refractivity contribution < 1.29 is 4.74 Å². The maximum absolute atomic E-state index is 5.17. The van der Waals surface area contributed by atoms with Crippen LogP contribution >= 0.6 is 0 Å². The van der Waals surface area contributed by atoms with Crippen molar-refractivity contribution in [1.82, 2.24) is 4.90 Å². The Bertz CT molecular complexity index is 161. The van der Waals surface area contributed by atoms with Gasteiger partial charge in [0.15, 0.2) is 0 Å². The third kappa shape index (κ3) is 2.52. The summed E-state index contributed by atoms with van der Waals surface area (Å²) in [4.78, 5) is 2.40. The monoisotopic (exact) mass is 169 g/mol.